The molecule has 28 heavy (non-hydrogen) atoms. The van der Waals surface area contributed by atoms with Gasteiger partial charge < -0.3 is 10.2 Å². The van der Waals surface area contributed by atoms with Crippen LogP contribution in [0.15, 0.2) is 48.5 Å². The van der Waals surface area contributed by atoms with Crippen LogP contribution in [0.4, 0.5) is 4.39 Å². The van der Waals surface area contributed by atoms with Gasteiger partial charge in [0.1, 0.15) is 11.9 Å². The monoisotopic (exact) mass is 384 g/mol. The second-order valence-electron chi connectivity index (χ2n) is 7.40. The lowest BCUT2D eigenvalue weighted by molar-refractivity contribution is -0.141. The molecule has 0 saturated heterocycles. The Labute approximate surface area is 166 Å². The summed E-state index contributed by atoms with van der Waals surface area (Å²) in [6, 6.07) is 13.2. The molecular formula is C23H29FN2O2. The average Bonchev–Trinajstić information content (AvgIpc) is 2.64. The molecule has 1 N–H and O–H groups in total. The largest absolute Gasteiger partial charge is 0.352 e. The van der Waals surface area contributed by atoms with Gasteiger partial charge in [0.2, 0.25) is 11.8 Å². The number of hydrogen-bond acceptors (Lipinski definition) is 2. The van der Waals surface area contributed by atoms with Crippen molar-refractivity contribution in [1.29, 1.82) is 0 Å². The molecular weight excluding hydrogens is 355 g/mol. The fourth-order valence-corrected chi connectivity index (χ4v) is 3.07. The zero-order valence-electron chi connectivity index (χ0n) is 17.0. The molecule has 2 amide bonds. The first-order chi connectivity index (χ1) is 13.3. The highest BCUT2D eigenvalue weighted by Gasteiger charge is 2.28. The standard InChI is InChI=1S/C23H29FN2O2/c1-5-21(23(28)25-16(2)3)26(15-19-10-12-20(24)13-11-19)22(27)14-18-8-6-17(4)7-9-18/h6-13,16,21H,5,14-15H2,1-4H3,(H,25,28)/t21-/m1/s1. The number of carbonyl (C=O) groups is 2. The summed E-state index contributed by atoms with van der Waals surface area (Å²) in [6.45, 7) is 7.93. The molecule has 0 radical (unpaired) electrons. The van der Waals surface area contributed by atoms with Crippen LogP contribution in [0.25, 0.3) is 0 Å². The Morgan fingerprint density at radius 3 is 2.11 bits per heavy atom. The second-order valence-corrected chi connectivity index (χ2v) is 7.40. The summed E-state index contributed by atoms with van der Waals surface area (Å²) in [5.41, 5.74) is 2.82. The third kappa shape index (κ3) is 6.19. The molecule has 0 saturated carbocycles. The van der Waals surface area contributed by atoms with Crippen LogP contribution in [0.2, 0.25) is 0 Å². The summed E-state index contributed by atoms with van der Waals surface area (Å²) in [5.74, 6) is -0.623. The lowest BCUT2D eigenvalue weighted by atomic mass is 10.1. The van der Waals surface area contributed by atoms with E-state index in [9.17, 15) is 14.0 Å². The molecule has 2 rings (SSSR count). The zero-order chi connectivity index (χ0) is 20.7. The minimum Gasteiger partial charge on any atom is -0.352 e. The molecule has 2 aromatic carbocycles. The zero-order valence-corrected chi connectivity index (χ0v) is 17.0. The Bertz CT molecular complexity index is 785. The first-order valence-corrected chi connectivity index (χ1v) is 9.70. The van der Waals surface area contributed by atoms with Crippen LogP contribution in [0.3, 0.4) is 0 Å². The Hall–Kier alpha value is -2.69. The maximum absolute atomic E-state index is 13.3. The molecule has 0 heterocycles. The first-order valence-electron chi connectivity index (χ1n) is 9.70. The van der Waals surface area contributed by atoms with Crippen molar-refractivity contribution >= 4 is 11.8 Å². The van der Waals surface area contributed by atoms with Crippen molar-refractivity contribution in [2.24, 2.45) is 0 Å². The topological polar surface area (TPSA) is 49.4 Å². The molecule has 0 spiro atoms. The number of amides is 2. The Kier molecular flexibility index (Phi) is 7.73. The molecule has 1 atom stereocenters. The summed E-state index contributed by atoms with van der Waals surface area (Å²) in [4.78, 5) is 27.4. The second kappa shape index (κ2) is 10.0. The van der Waals surface area contributed by atoms with Crippen LogP contribution < -0.4 is 5.32 Å². The van der Waals surface area contributed by atoms with Gasteiger partial charge in [-0.2, -0.15) is 0 Å². The van der Waals surface area contributed by atoms with Crippen molar-refractivity contribution in [2.45, 2.75) is 59.2 Å². The number of aryl methyl sites for hydroxylation is 1. The molecule has 0 fully saturated rings. The van der Waals surface area contributed by atoms with E-state index in [4.69, 9.17) is 0 Å². The van der Waals surface area contributed by atoms with Crippen LogP contribution in [0, 0.1) is 12.7 Å². The summed E-state index contributed by atoms with van der Waals surface area (Å²) < 4.78 is 13.3. The summed E-state index contributed by atoms with van der Waals surface area (Å²) >= 11 is 0. The van der Waals surface area contributed by atoms with E-state index in [-0.39, 0.29) is 36.6 Å². The molecule has 0 aliphatic carbocycles. The fraction of sp³-hybridized carbons (Fsp3) is 0.391. The van der Waals surface area contributed by atoms with Gasteiger partial charge in [-0.3, -0.25) is 9.59 Å². The Morgan fingerprint density at radius 2 is 1.57 bits per heavy atom. The normalized spacial score (nSPS) is 11.9. The minimum absolute atomic E-state index is 0.0126. The predicted molar refractivity (Wildman–Crippen MR) is 109 cm³/mol. The van der Waals surface area contributed by atoms with Gasteiger partial charge in [-0.05, 0) is 50.5 Å². The van der Waals surface area contributed by atoms with E-state index >= 15 is 0 Å². The van der Waals surface area contributed by atoms with E-state index < -0.39 is 6.04 Å². The van der Waals surface area contributed by atoms with Gasteiger partial charge in [-0.1, -0.05) is 48.9 Å². The number of carbonyl (C=O) groups excluding carboxylic acids is 2. The van der Waals surface area contributed by atoms with E-state index in [1.165, 1.54) is 12.1 Å². The number of nitrogens with one attached hydrogen (secondary N) is 1. The lowest BCUT2D eigenvalue weighted by Crippen LogP contribution is -2.50. The van der Waals surface area contributed by atoms with Gasteiger partial charge in [0.25, 0.3) is 0 Å². The van der Waals surface area contributed by atoms with Crippen LogP contribution in [-0.4, -0.2) is 28.8 Å². The molecule has 5 heteroatoms. The van der Waals surface area contributed by atoms with Gasteiger partial charge in [0, 0.05) is 12.6 Å². The Balaban J connectivity index is 2.27. The lowest BCUT2D eigenvalue weighted by Gasteiger charge is -2.31. The van der Waals surface area contributed by atoms with Crippen LogP contribution >= 0.6 is 0 Å². The van der Waals surface area contributed by atoms with E-state index in [1.807, 2.05) is 52.0 Å². The SMILES string of the molecule is CC[C@H](C(=O)NC(C)C)N(Cc1ccc(F)cc1)C(=O)Cc1ccc(C)cc1. The molecule has 4 nitrogen and oxygen atoms in total. The van der Waals surface area contributed by atoms with Crippen molar-refractivity contribution in [2.75, 3.05) is 0 Å². The third-order valence-electron chi connectivity index (χ3n) is 4.56. The number of hydrogen-bond donors (Lipinski definition) is 1. The Morgan fingerprint density at radius 1 is 1.00 bits per heavy atom. The maximum atomic E-state index is 13.3. The number of nitrogens with zero attached hydrogens (tertiary/aromatic N) is 1. The molecule has 0 aliphatic heterocycles. The molecule has 150 valence electrons. The summed E-state index contributed by atoms with van der Waals surface area (Å²) in [5, 5.41) is 2.90. The van der Waals surface area contributed by atoms with Gasteiger partial charge in [-0.25, -0.2) is 4.39 Å². The smallest absolute Gasteiger partial charge is 0.243 e. The molecule has 0 aliphatic rings. The maximum Gasteiger partial charge on any atom is 0.243 e. The van der Waals surface area contributed by atoms with Crippen molar-refractivity contribution in [3.63, 3.8) is 0 Å². The number of benzene rings is 2. The molecule has 2 aromatic rings. The van der Waals surface area contributed by atoms with E-state index in [0.29, 0.717) is 6.42 Å². The summed E-state index contributed by atoms with van der Waals surface area (Å²) in [7, 11) is 0. The van der Waals surface area contributed by atoms with Crippen LogP contribution in [-0.2, 0) is 22.6 Å². The van der Waals surface area contributed by atoms with E-state index in [2.05, 4.69) is 5.32 Å². The predicted octanol–water partition coefficient (Wildman–Crippen LogP) is 4.01. The van der Waals surface area contributed by atoms with Gasteiger partial charge in [0.15, 0.2) is 0 Å². The molecule has 0 bridgehead atoms. The highest BCUT2D eigenvalue weighted by Crippen LogP contribution is 2.16. The number of halogens is 1. The fourth-order valence-electron chi connectivity index (χ4n) is 3.07. The van der Waals surface area contributed by atoms with Crippen molar-refractivity contribution in [3.8, 4) is 0 Å². The van der Waals surface area contributed by atoms with Crippen LogP contribution in [0.1, 0.15) is 43.9 Å². The quantitative estimate of drug-likeness (QED) is 0.748. The van der Waals surface area contributed by atoms with Crippen LogP contribution in [0.5, 0.6) is 0 Å². The van der Waals surface area contributed by atoms with Gasteiger partial charge >= 0.3 is 0 Å². The van der Waals surface area contributed by atoms with Crippen molar-refractivity contribution in [3.05, 3.63) is 71.0 Å². The van der Waals surface area contributed by atoms with Crippen molar-refractivity contribution < 1.29 is 14.0 Å². The summed E-state index contributed by atoms with van der Waals surface area (Å²) in [6.07, 6.45) is 0.715. The van der Waals surface area contributed by atoms with E-state index in [0.717, 1.165) is 16.7 Å². The minimum atomic E-state index is -0.578. The molecule has 0 aromatic heterocycles. The average molecular weight is 384 g/mol. The van der Waals surface area contributed by atoms with E-state index in [1.54, 1.807) is 17.0 Å². The highest BCUT2D eigenvalue weighted by atomic mass is 19.1. The van der Waals surface area contributed by atoms with Gasteiger partial charge in [-0.15, -0.1) is 0 Å². The number of rotatable bonds is 8. The van der Waals surface area contributed by atoms with Gasteiger partial charge in [0.05, 0.1) is 6.42 Å². The molecule has 0 unspecified atom stereocenters. The first kappa shape index (κ1) is 21.6. The van der Waals surface area contributed by atoms with Crippen molar-refractivity contribution in [1.82, 2.24) is 10.2 Å². The third-order valence-corrected chi connectivity index (χ3v) is 4.56. The highest BCUT2D eigenvalue weighted by molar-refractivity contribution is 5.88.